The minimum atomic E-state index is -1.82. The Balaban J connectivity index is 1.63. The summed E-state index contributed by atoms with van der Waals surface area (Å²) < 4.78 is 6.98. The fourth-order valence-corrected chi connectivity index (χ4v) is 9.57. The van der Waals surface area contributed by atoms with Gasteiger partial charge in [-0.15, -0.1) is 0 Å². The van der Waals surface area contributed by atoms with Gasteiger partial charge in [0.15, 0.2) is 8.32 Å². The maximum absolute atomic E-state index is 12.5. The summed E-state index contributed by atoms with van der Waals surface area (Å²) in [6.07, 6.45) is 10.3. The Morgan fingerprint density at radius 1 is 1.03 bits per heavy atom. The lowest BCUT2D eigenvalue weighted by molar-refractivity contribution is -0.154. The minimum absolute atomic E-state index is 0.120. The van der Waals surface area contributed by atoms with E-state index >= 15 is 0 Å². The topological polar surface area (TPSA) is 46.5 Å². The number of carbonyl (C=O) groups excluding carboxylic acids is 1. The highest BCUT2D eigenvalue weighted by Crippen LogP contribution is 2.67. The molecule has 0 heterocycles. The molecule has 0 radical (unpaired) electrons. The molecular weight excluding hydrogens is 400 g/mol. The van der Waals surface area contributed by atoms with Crippen LogP contribution in [-0.4, -0.2) is 31.9 Å². The number of carbonyl (C=O) groups is 1. The van der Waals surface area contributed by atoms with Gasteiger partial charge in [0, 0.05) is 12.5 Å². The first kappa shape index (κ1) is 23.9. The molecule has 0 aliphatic heterocycles. The zero-order chi connectivity index (χ0) is 22.8. The lowest BCUT2D eigenvalue weighted by Crippen LogP contribution is -2.58. The molecule has 0 saturated heterocycles. The van der Waals surface area contributed by atoms with E-state index in [0.29, 0.717) is 23.5 Å². The molecular formula is C27H48O3Si. The Hall–Kier alpha value is -0.193. The Morgan fingerprint density at radius 2 is 1.74 bits per heavy atom. The van der Waals surface area contributed by atoms with Gasteiger partial charge in [-0.1, -0.05) is 27.7 Å². The first-order valence-electron chi connectivity index (χ1n) is 13.1. The summed E-state index contributed by atoms with van der Waals surface area (Å²) in [5, 5.41) is 10.8. The van der Waals surface area contributed by atoms with Crippen molar-refractivity contribution in [2.45, 2.75) is 117 Å². The predicted molar refractivity (Wildman–Crippen MR) is 129 cm³/mol. The van der Waals surface area contributed by atoms with Gasteiger partial charge >= 0.3 is 0 Å². The molecule has 1 N–H and O–H groups in total. The van der Waals surface area contributed by atoms with Crippen molar-refractivity contribution in [3.05, 3.63) is 0 Å². The quantitative estimate of drug-likeness (QED) is 0.493. The second kappa shape index (κ2) is 7.94. The second-order valence-electron chi connectivity index (χ2n) is 13.6. The van der Waals surface area contributed by atoms with Crippen LogP contribution in [0.3, 0.4) is 0 Å². The number of fused-ring (bicyclic) bond motifs is 5. The average molecular weight is 449 g/mol. The Kier molecular flexibility index (Phi) is 6.14. The van der Waals surface area contributed by atoms with E-state index in [0.717, 1.165) is 38.2 Å². The van der Waals surface area contributed by atoms with E-state index in [1.54, 1.807) is 0 Å². The summed E-state index contributed by atoms with van der Waals surface area (Å²) in [6.45, 7) is 17.0. The smallest absolute Gasteiger partial charge is 0.192 e. The molecule has 4 fully saturated rings. The number of aliphatic hydroxyl groups is 1. The Labute approximate surface area is 192 Å². The number of Topliss-reactive ketones (excluding diaryl/α,β-unsaturated/α-hetero) is 1. The van der Waals surface area contributed by atoms with Gasteiger partial charge in [-0.3, -0.25) is 4.79 Å². The van der Waals surface area contributed by atoms with E-state index in [-0.39, 0.29) is 27.9 Å². The van der Waals surface area contributed by atoms with Crippen LogP contribution in [0.1, 0.15) is 92.4 Å². The molecule has 0 aromatic heterocycles. The van der Waals surface area contributed by atoms with Gasteiger partial charge in [-0.05, 0) is 117 Å². The van der Waals surface area contributed by atoms with Gasteiger partial charge in [0.05, 0.1) is 6.10 Å². The molecule has 0 spiro atoms. The fraction of sp³-hybridized carbons (Fsp3) is 0.963. The van der Waals surface area contributed by atoms with Crippen LogP contribution in [0.25, 0.3) is 0 Å². The molecule has 4 aliphatic rings. The molecule has 31 heavy (non-hydrogen) atoms. The third-order valence-corrected chi connectivity index (χ3v) is 15.8. The van der Waals surface area contributed by atoms with Gasteiger partial charge in [-0.25, -0.2) is 0 Å². The molecule has 8 atom stereocenters. The first-order chi connectivity index (χ1) is 14.3. The van der Waals surface area contributed by atoms with Gasteiger partial charge in [0.25, 0.3) is 0 Å². The molecule has 3 nitrogen and oxygen atoms in total. The van der Waals surface area contributed by atoms with E-state index in [2.05, 4.69) is 40.8 Å². The summed E-state index contributed by atoms with van der Waals surface area (Å²) in [5.41, 5.74) is 0.461. The number of hydrogen-bond acceptors (Lipinski definition) is 3. The predicted octanol–water partition coefficient (Wildman–Crippen LogP) is 6.60. The number of aliphatic hydroxyl groups excluding tert-OH is 1. The third-order valence-electron chi connectivity index (χ3n) is 11.3. The van der Waals surface area contributed by atoms with Gasteiger partial charge in [-0.2, -0.15) is 0 Å². The van der Waals surface area contributed by atoms with Gasteiger partial charge < -0.3 is 9.53 Å². The molecule has 0 aromatic carbocycles. The van der Waals surface area contributed by atoms with Crippen LogP contribution in [0.2, 0.25) is 18.1 Å². The van der Waals surface area contributed by atoms with E-state index in [1.807, 2.05) is 6.92 Å². The van der Waals surface area contributed by atoms with E-state index in [9.17, 15) is 9.90 Å². The van der Waals surface area contributed by atoms with E-state index in [1.165, 1.54) is 32.1 Å². The van der Waals surface area contributed by atoms with Crippen molar-refractivity contribution in [3.8, 4) is 0 Å². The summed E-state index contributed by atoms with van der Waals surface area (Å²) in [5.74, 6) is 3.48. The van der Waals surface area contributed by atoms with Crippen molar-refractivity contribution in [2.24, 2.45) is 40.4 Å². The second-order valence-corrected chi connectivity index (χ2v) is 18.5. The van der Waals surface area contributed by atoms with Crippen LogP contribution in [0.5, 0.6) is 0 Å². The van der Waals surface area contributed by atoms with Crippen LogP contribution in [0, 0.1) is 40.4 Å². The standard InChI is InChI=1S/C27H48O3Si/c1-18(28)22-10-11-23-21-9-8-19-16-20(29)12-15-27(19,24(21)13-14-26(22,23)5)17-30-31(6,7)25(2,3)4/h19-24,29H,8-17H2,1-7H3/t19-,20-,21-,22+,23-,24-,26+,27+/m0/s1. The van der Waals surface area contributed by atoms with Crippen molar-refractivity contribution >= 4 is 14.1 Å². The molecule has 178 valence electrons. The maximum atomic E-state index is 12.5. The highest BCUT2D eigenvalue weighted by atomic mass is 28.4. The highest BCUT2D eigenvalue weighted by Gasteiger charge is 2.62. The van der Waals surface area contributed by atoms with Crippen molar-refractivity contribution in [1.82, 2.24) is 0 Å². The van der Waals surface area contributed by atoms with Crippen molar-refractivity contribution < 1.29 is 14.3 Å². The molecule has 4 aliphatic carbocycles. The molecule has 0 aromatic rings. The number of rotatable bonds is 4. The Morgan fingerprint density at radius 3 is 2.39 bits per heavy atom. The van der Waals surface area contributed by atoms with Crippen LogP contribution in [0.4, 0.5) is 0 Å². The zero-order valence-electron chi connectivity index (χ0n) is 21.3. The molecule has 0 bridgehead atoms. The Bertz CT molecular complexity index is 697. The average Bonchev–Trinajstić information content (AvgIpc) is 3.03. The van der Waals surface area contributed by atoms with Crippen LogP contribution in [0.15, 0.2) is 0 Å². The largest absolute Gasteiger partial charge is 0.416 e. The zero-order valence-corrected chi connectivity index (χ0v) is 22.3. The number of hydrogen-bond donors (Lipinski definition) is 1. The van der Waals surface area contributed by atoms with Crippen molar-refractivity contribution in [1.29, 1.82) is 0 Å². The normalized spacial score (nSPS) is 45.5. The summed E-state index contributed by atoms with van der Waals surface area (Å²) >= 11 is 0. The van der Waals surface area contributed by atoms with E-state index < -0.39 is 8.32 Å². The summed E-state index contributed by atoms with van der Waals surface area (Å²) in [4.78, 5) is 12.5. The van der Waals surface area contributed by atoms with Crippen LogP contribution < -0.4 is 0 Å². The first-order valence-corrected chi connectivity index (χ1v) is 16.1. The van der Waals surface area contributed by atoms with Crippen molar-refractivity contribution in [2.75, 3.05) is 6.61 Å². The lowest BCUT2D eigenvalue weighted by atomic mass is 9.44. The molecule has 4 heteroatoms. The summed E-state index contributed by atoms with van der Waals surface area (Å²) in [6, 6.07) is 0. The number of ketones is 1. The highest BCUT2D eigenvalue weighted by molar-refractivity contribution is 6.74. The lowest BCUT2D eigenvalue weighted by Gasteiger charge is -2.62. The fourth-order valence-electron chi connectivity index (χ4n) is 8.51. The van der Waals surface area contributed by atoms with Crippen LogP contribution in [-0.2, 0) is 9.22 Å². The van der Waals surface area contributed by atoms with Gasteiger partial charge in [0.2, 0.25) is 0 Å². The summed E-state index contributed by atoms with van der Waals surface area (Å²) in [7, 11) is -1.82. The monoisotopic (exact) mass is 448 g/mol. The molecule has 0 amide bonds. The third kappa shape index (κ3) is 3.81. The van der Waals surface area contributed by atoms with Gasteiger partial charge in [0.1, 0.15) is 5.78 Å². The maximum Gasteiger partial charge on any atom is 0.192 e. The van der Waals surface area contributed by atoms with E-state index in [4.69, 9.17) is 4.43 Å². The molecule has 4 saturated carbocycles. The van der Waals surface area contributed by atoms with Crippen molar-refractivity contribution in [3.63, 3.8) is 0 Å². The minimum Gasteiger partial charge on any atom is -0.416 e. The SMILES string of the molecule is CC(=O)[C@H]1CC[C@H]2[C@@H]3CC[C@H]4C[C@@H](O)CC[C@]4(CO[Si](C)(C)C(C)(C)C)[C@H]3CC[C@]12C. The molecule has 4 rings (SSSR count). The molecule has 0 unspecified atom stereocenters. The van der Waals surface area contributed by atoms with Crippen LogP contribution >= 0.6 is 0 Å².